The molecule has 0 radical (unpaired) electrons. The number of nitrogens with zero attached hydrogens (tertiary/aromatic N) is 2. The summed E-state index contributed by atoms with van der Waals surface area (Å²) in [5.41, 5.74) is 1.23. The molecule has 0 spiro atoms. The van der Waals surface area contributed by atoms with E-state index >= 15 is 0 Å². The monoisotopic (exact) mass is 419 g/mol. The van der Waals surface area contributed by atoms with Crippen LogP contribution in [0.25, 0.3) is 0 Å². The SMILES string of the molecule is COc1ccc(F)cc1CN1CCN(C(=O)CNC(=O)c2ccc(Cl)cc2)CC1. The van der Waals surface area contributed by atoms with Crippen LogP contribution in [-0.2, 0) is 11.3 Å². The Bertz CT molecular complexity index is 868. The summed E-state index contributed by atoms with van der Waals surface area (Å²) in [6.07, 6.45) is 0. The lowest BCUT2D eigenvalue weighted by atomic mass is 10.1. The van der Waals surface area contributed by atoms with Crippen LogP contribution >= 0.6 is 11.6 Å². The fourth-order valence-corrected chi connectivity index (χ4v) is 3.36. The van der Waals surface area contributed by atoms with E-state index in [9.17, 15) is 14.0 Å². The van der Waals surface area contributed by atoms with E-state index in [2.05, 4.69) is 10.2 Å². The highest BCUT2D eigenvalue weighted by molar-refractivity contribution is 6.30. The molecule has 1 saturated heterocycles. The lowest BCUT2D eigenvalue weighted by molar-refractivity contribution is -0.131. The molecule has 1 fully saturated rings. The number of nitrogens with one attached hydrogen (secondary N) is 1. The highest BCUT2D eigenvalue weighted by Crippen LogP contribution is 2.21. The van der Waals surface area contributed by atoms with Gasteiger partial charge in [0.25, 0.3) is 5.91 Å². The molecule has 0 aromatic heterocycles. The summed E-state index contributed by atoms with van der Waals surface area (Å²) in [5, 5.41) is 3.19. The van der Waals surface area contributed by atoms with Crippen LogP contribution in [0.4, 0.5) is 4.39 Å². The standard InChI is InChI=1S/C21H23ClFN3O3/c1-29-19-7-6-18(23)12-16(19)14-25-8-10-26(11-9-25)20(27)13-24-21(28)15-2-4-17(22)5-3-15/h2-7,12H,8-11,13-14H2,1H3,(H,24,28). The van der Waals surface area contributed by atoms with Gasteiger partial charge in [0.05, 0.1) is 13.7 Å². The first-order chi connectivity index (χ1) is 14.0. The summed E-state index contributed by atoms with van der Waals surface area (Å²) < 4.78 is 18.8. The van der Waals surface area contributed by atoms with Crippen molar-refractivity contribution >= 4 is 23.4 Å². The van der Waals surface area contributed by atoms with Crippen LogP contribution < -0.4 is 10.1 Å². The van der Waals surface area contributed by atoms with Crippen LogP contribution in [0.1, 0.15) is 15.9 Å². The largest absolute Gasteiger partial charge is 0.496 e. The predicted octanol–water partition coefficient (Wildman–Crippen LogP) is 2.56. The number of ether oxygens (including phenoxy) is 1. The van der Waals surface area contributed by atoms with Gasteiger partial charge in [-0.05, 0) is 42.5 Å². The van der Waals surface area contributed by atoms with E-state index in [1.54, 1.807) is 42.3 Å². The zero-order chi connectivity index (χ0) is 20.8. The average Bonchev–Trinajstić information content (AvgIpc) is 2.73. The van der Waals surface area contributed by atoms with Gasteiger partial charge in [-0.2, -0.15) is 0 Å². The second-order valence-corrected chi connectivity index (χ2v) is 7.24. The minimum absolute atomic E-state index is 0.0564. The molecular formula is C21H23ClFN3O3. The minimum atomic E-state index is -0.313. The molecule has 0 aliphatic carbocycles. The molecule has 1 aliphatic heterocycles. The smallest absolute Gasteiger partial charge is 0.251 e. The molecule has 2 amide bonds. The van der Waals surface area contributed by atoms with E-state index in [1.165, 1.54) is 12.1 Å². The Labute approximate surface area is 174 Å². The maximum Gasteiger partial charge on any atom is 0.251 e. The van der Waals surface area contributed by atoms with Gasteiger partial charge >= 0.3 is 0 Å². The number of rotatable bonds is 6. The topological polar surface area (TPSA) is 61.9 Å². The number of hydrogen-bond acceptors (Lipinski definition) is 4. The number of methoxy groups -OCH3 is 1. The van der Waals surface area contributed by atoms with Gasteiger partial charge in [-0.25, -0.2) is 4.39 Å². The van der Waals surface area contributed by atoms with E-state index in [-0.39, 0.29) is 24.2 Å². The third kappa shape index (κ3) is 5.68. The summed E-state index contributed by atoms with van der Waals surface area (Å²) in [4.78, 5) is 28.4. The summed E-state index contributed by atoms with van der Waals surface area (Å²) in [5.74, 6) is -0.0944. The Kier molecular flexibility index (Phi) is 7.06. The van der Waals surface area contributed by atoms with Gasteiger partial charge in [0.2, 0.25) is 5.91 Å². The highest BCUT2D eigenvalue weighted by Gasteiger charge is 2.22. The Balaban J connectivity index is 1.46. The minimum Gasteiger partial charge on any atom is -0.496 e. The summed E-state index contributed by atoms with van der Waals surface area (Å²) in [6.45, 7) is 2.92. The van der Waals surface area contributed by atoms with Gasteiger partial charge in [-0.1, -0.05) is 11.6 Å². The van der Waals surface area contributed by atoms with Crippen molar-refractivity contribution in [2.75, 3.05) is 39.8 Å². The van der Waals surface area contributed by atoms with Gasteiger partial charge < -0.3 is 15.0 Å². The number of hydrogen-bond donors (Lipinski definition) is 1. The summed E-state index contributed by atoms with van der Waals surface area (Å²) >= 11 is 5.81. The molecule has 0 atom stereocenters. The molecule has 1 N–H and O–H groups in total. The Morgan fingerprint density at radius 1 is 1.10 bits per heavy atom. The fourth-order valence-electron chi connectivity index (χ4n) is 3.24. The van der Waals surface area contributed by atoms with E-state index in [1.807, 2.05) is 0 Å². The number of carbonyl (C=O) groups excluding carboxylic acids is 2. The Hall–Kier alpha value is -2.64. The first-order valence-corrected chi connectivity index (χ1v) is 9.70. The average molecular weight is 420 g/mol. The van der Waals surface area contributed by atoms with Crippen LogP contribution in [0.5, 0.6) is 5.75 Å². The molecule has 8 heteroatoms. The maximum atomic E-state index is 13.5. The van der Waals surface area contributed by atoms with Crippen LogP contribution in [-0.4, -0.2) is 61.4 Å². The third-order valence-electron chi connectivity index (χ3n) is 4.87. The lowest BCUT2D eigenvalue weighted by Gasteiger charge is -2.35. The molecule has 1 heterocycles. The van der Waals surface area contributed by atoms with Gasteiger partial charge in [0.15, 0.2) is 0 Å². The fraction of sp³-hybridized carbons (Fsp3) is 0.333. The molecule has 2 aromatic rings. The molecule has 3 rings (SSSR count). The molecule has 2 aromatic carbocycles. The van der Waals surface area contributed by atoms with E-state index in [0.717, 1.165) is 5.56 Å². The summed E-state index contributed by atoms with van der Waals surface area (Å²) in [7, 11) is 1.56. The van der Waals surface area contributed by atoms with Crippen LogP contribution in [0, 0.1) is 5.82 Å². The van der Waals surface area contributed by atoms with Crippen molar-refractivity contribution in [3.05, 3.63) is 64.4 Å². The van der Waals surface area contributed by atoms with Gasteiger partial charge in [-0.3, -0.25) is 14.5 Å². The molecule has 0 saturated carbocycles. The molecule has 6 nitrogen and oxygen atoms in total. The Morgan fingerprint density at radius 3 is 2.45 bits per heavy atom. The molecule has 29 heavy (non-hydrogen) atoms. The van der Waals surface area contributed by atoms with Crippen molar-refractivity contribution in [1.29, 1.82) is 0 Å². The second kappa shape index (κ2) is 9.71. The van der Waals surface area contributed by atoms with Crippen LogP contribution in [0.15, 0.2) is 42.5 Å². The maximum absolute atomic E-state index is 13.5. The number of carbonyl (C=O) groups is 2. The first-order valence-electron chi connectivity index (χ1n) is 9.32. The zero-order valence-electron chi connectivity index (χ0n) is 16.2. The van der Waals surface area contributed by atoms with Crippen molar-refractivity contribution in [1.82, 2.24) is 15.1 Å². The molecule has 0 unspecified atom stereocenters. The highest BCUT2D eigenvalue weighted by atomic mass is 35.5. The van der Waals surface area contributed by atoms with Crippen molar-refractivity contribution in [3.8, 4) is 5.75 Å². The van der Waals surface area contributed by atoms with Gasteiger partial charge in [0, 0.05) is 48.9 Å². The number of halogens is 2. The quantitative estimate of drug-likeness (QED) is 0.781. The molecule has 0 bridgehead atoms. The van der Waals surface area contributed by atoms with Crippen LogP contribution in [0.3, 0.4) is 0 Å². The van der Waals surface area contributed by atoms with Gasteiger partial charge in [0.1, 0.15) is 11.6 Å². The normalized spacial score (nSPS) is 14.5. The van der Waals surface area contributed by atoms with Crippen molar-refractivity contribution < 1.29 is 18.7 Å². The number of benzene rings is 2. The number of piperazine rings is 1. The van der Waals surface area contributed by atoms with Crippen LogP contribution in [0.2, 0.25) is 5.02 Å². The predicted molar refractivity (Wildman–Crippen MR) is 109 cm³/mol. The lowest BCUT2D eigenvalue weighted by Crippen LogP contribution is -2.50. The summed E-state index contributed by atoms with van der Waals surface area (Å²) in [6, 6.07) is 11.0. The molecule has 154 valence electrons. The van der Waals surface area contributed by atoms with E-state index in [4.69, 9.17) is 16.3 Å². The van der Waals surface area contributed by atoms with Crippen molar-refractivity contribution in [2.45, 2.75) is 6.54 Å². The molecular weight excluding hydrogens is 397 g/mol. The number of amides is 2. The van der Waals surface area contributed by atoms with E-state index < -0.39 is 0 Å². The third-order valence-corrected chi connectivity index (χ3v) is 5.12. The first kappa shape index (κ1) is 21.1. The van der Waals surface area contributed by atoms with Gasteiger partial charge in [-0.15, -0.1) is 0 Å². The van der Waals surface area contributed by atoms with E-state index in [0.29, 0.717) is 49.1 Å². The van der Waals surface area contributed by atoms with Crippen molar-refractivity contribution in [2.24, 2.45) is 0 Å². The zero-order valence-corrected chi connectivity index (χ0v) is 16.9. The van der Waals surface area contributed by atoms with Crippen molar-refractivity contribution in [3.63, 3.8) is 0 Å². The molecule has 1 aliphatic rings. The Morgan fingerprint density at radius 2 is 1.79 bits per heavy atom. The second-order valence-electron chi connectivity index (χ2n) is 6.80.